The van der Waals surface area contributed by atoms with Crippen LogP contribution >= 0.6 is 22.7 Å². The Balaban J connectivity index is 1.41. The summed E-state index contributed by atoms with van der Waals surface area (Å²) in [5.41, 5.74) is 0.264. The molecule has 0 saturated carbocycles. The van der Waals surface area contributed by atoms with Gasteiger partial charge in [0, 0.05) is 22.5 Å². The van der Waals surface area contributed by atoms with E-state index in [1.54, 1.807) is 17.5 Å². The molecule has 0 aliphatic carbocycles. The van der Waals surface area contributed by atoms with Crippen molar-refractivity contribution in [1.29, 1.82) is 0 Å². The lowest BCUT2D eigenvalue weighted by Gasteiger charge is -2.21. The number of carbonyl (C=O) groups is 1. The maximum Gasteiger partial charge on any atom is 0.416 e. The number of carbonyl (C=O) groups excluding carboxylic acids is 1. The van der Waals surface area contributed by atoms with Gasteiger partial charge < -0.3 is 0 Å². The fraction of sp³-hybridized carbons (Fsp3) is 0.316. The summed E-state index contributed by atoms with van der Waals surface area (Å²) in [6.45, 7) is 1.74. The number of hydrogen-bond donors (Lipinski definition) is 1. The minimum Gasteiger partial charge on any atom is -0.298 e. The zero-order chi connectivity index (χ0) is 20.4. The highest BCUT2D eigenvalue weighted by molar-refractivity contribution is 7.14. The Kier molecular flexibility index (Phi) is 5.66. The van der Waals surface area contributed by atoms with E-state index in [4.69, 9.17) is 0 Å². The lowest BCUT2D eigenvalue weighted by molar-refractivity contribution is -0.137. The standard InChI is InChI=1S/C19H17F3N4OS2/c20-19(21,22)13-5-3-12(4-6-13)17(27)25-18-24-14(11-29-18)15-2-1-8-26(15)10-16-23-7-9-28-16/h3-7,9,11,15H,1-2,8,10H2,(H,24,25,27)/t15-/m0/s1. The van der Waals surface area contributed by atoms with Crippen molar-refractivity contribution in [3.05, 3.63) is 63.1 Å². The van der Waals surface area contributed by atoms with Gasteiger partial charge in [-0.2, -0.15) is 13.2 Å². The number of benzene rings is 1. The summed E-state index contributed by atoms with van der Waals surface area (Å²) < 4.78 is 38.0. The summed E-state index contributed by atoms with van der Waals surface area (Å²) in [6, 6.07) is 4.31. The molecule has 1 saturated heterocycles. The normalized spacial score (nSPS) is 17.6. The van der Waals surface area contributed by atoms with Gasteiger partial charge >= 0.3 is 6.18 Å². The van der Waals surface area contributed by atoms with Gasteiger partial charge in [-0.05, 0) is 43.7 Å². The van der Waals surface area contributed by atoms with Gasteiger partial charge in [0.25, 0.3) is 5.91 Å². The Morgan fingerprint density at radius 3 is 2.72 bits per heavy atom. The van der Waals surface area contributed by atoms with Crippen molar-refractivity contribution in [2.24, 2.45) is 0 Å². The van der Waals surface area contributed by atoms with Gasteiger partial charge in [0.05, 0.1) is 23.8 Å². The van der Waals surface area contributed by atoms with E-state index in [1.807, 2.05) is 10.8 Å². The van der Waals surface area contributed by atoms with Crippen LogP contribution in [-0.2, 0) is 12.7 Å². The summed E-state index contributed by atoms with van der Waals surface area (Å²) in [5.74, 6) is -0.481. The largest absolute Gasteiger partial charge is 0.416 e. The number of halogens is 3. The topological polar surface area (TPSA) is 58.1 Å². The van der Waals surface area contributed by atoms with E-state index in [-0.39, 0.29) is 11.6 Å². The Morgan fingerprint density at radius 1 is 1.24 bits per heavy atom. The van der Waals surface area contributed by atoms with Crippen LogP contribution in [0.15, 0.2) is 41.2 Å². The van der Waals surface area contributed by atoms with E-state index in [2.05, 4.69) is 20.2 Å². The number of amides is 1. The van der Waals surface area contributed by atoms with Crippen LogP contribution < -0.4 is 5.32 Å². The van der Waals surface area contributed by atoms with Crippen LogP contribution in [-0.4, -0.2) is 27.3 Å². The molecule has 2 aromatic heterocycles. The van der Waals surface area contributed by atoms with Gasteiger partial charge in [0.15, 0.2) is 5.13 Å². The van der Waals surface area contributed by atoms with Crippen molar-refractivity contribution in [3.63, 3.8) is 0 Å². The van der Waals surface area contributed by atoms with Gasteiger partial charge in [-0.15, -0.1) is 22.7 Å². The number of hydrogen-bond acceptors (Lipinski definition) is 6. The van der Waals surface area contributed by atoms with E-state index >= 15 is 0 Å². The molecule has 29 heavy (non-hydrogen) atoms. The van der Waals surface area contributed by atoms with Crippen LogP contribution in [0.3, 0.4) is 0 Å². The first-order valence-electron chi connectivity index (χ1n) is 8.96. The summed E-state index contributed by atoms with van der Waals surface area (Å²) in [5, 5.41) is 8.05. The van der Waals surface area contributed by atoms with Crippen LogP contribution in [0.25, 0.3) is 0 Å². The molecule has 0 radical (unpaired) electrons. The fourth-order valence-corrected chi connectivity index (χ4v) is 4.72. The summed E-state index contributed by atoms with van der Waals surface area (Å²) in [7, 11) is 0. The Morgan fingerprint density at radius 2 is 2.03 bits per heavy atom. The number of rotatable bonds is 5. The van der Waals surface area contributed by atoms with Crippen LogP contribution in [0.2, 0.25) is 0 Å². The smallest absolute Gasteiger partial charge is 0.298 e. The van der Waals surface area contributed by atoms with E-state index in [1.165, 1.54) is 23.5 Å². The molecule has 0 unspecified atom stereocenters. The minimum atomic E-state index is -4.43. The van der Waals surface area contributed by atoms with Crippen molar-refractivity contribution >= 4 is 33.7 Å². The molecule has 5 nitrogen and oxygen atoms in total. The quantitative estimate of drug-likeness (QED) is 0.594. The van der Waals surface area contributed by atoms with Crippen LogP contribution in [0.1, 0.15) is 45.5 Å². The van der Waals surface area contributed by atoms with E-state index in [9.17, 15) is 18.0 Å². The molecule has 1 aliphatic heterocycles. The molecule has 0 bridgehead atoms. The van der Waals surface area contributed by atoms with Crippen molar-refractivity contribution in [3.8, 4) is 0 Å². The number of likely N-dealkylation sites (tertiary alicyclic amines) is 1. The predicted octanol–water partition coefficient (Wildman–Crippen LogP) is 5.21. The zero-order valence-corrected chi connectivity index (χ0v) is 16.8. The van der Waals surface area contributed by atoms with Gasteiger partial charge in [-0.25, -0.2) is 9.97 Å². The molecule has 4 rings (SSSR count). The van der Waals surface area contributed by atoms with Gasteiger partial charge in [0.1, 0.15) is 5.01 Å². The predicted molar refractivity (Wildman–Crippen MR) is 106 cm³/mol. The van der Waals surface area contributed by atoms with Crippen molar-refractivity contribution in [2.45, 2.75) is 31.6 Å². The number of thiazole rings is 2. The highest BCUT2D eigenvalue weighted by atomic mass is 32.1. The molecule has 1 atom stereocenters. The fourth-order valence-electron chi connectivity index (χ4n) is 3.33. The minimum absolute atomic E-state index is 0.154. The molecule has 152 valence electrons. The number of aromatic nitrogens is 2. The number of nitrogens with one attached hydrogen (secondary N) is 1. The van der Waals surface area contributed by atoms with Crippen LogP contribution in [0.4, 0.5) is 18.3 Å². The molecule has 0 spiro atoms. The van der Waals surface area contributed by atoms with Crippen molar-refractivity contribution < 1.29 is 18.0 Å². The maximum absolute atomic E-state index is 12.7. The molecule has 10 heteroatoms. The van der Waals surface area contributed by atoms with Gasteiger partial charge in [0.2, 0.25) is 0 Å². The average molecular weight is 439 g/mol. The third kappa shape index (κ3) is 4.65. The Labute approximate surface area is 173 Å². The van der Waals surface area contributed by atoms with Crippen LogP contribution in [0, 0.1) is 0 Å². The van der Waals surface area contributed by atoms with E-state index in [0.29, 0.717) is 5.13 Å². The summed E-state index contributed by atoms with van der Waals surface area (Å²) in [4.78, 5) is 23.5. The molecule has 1 fully saturated rings. The van der Waals surface area contributed by atoms with Crippen molar-refractivity contribution in [2.75, 3.05) is 11.9 Å². The molecule has 1 aromatic carbocycles. The second kappa shape index (κ2) is 8.21. The third-order valence-electron chi connectivity index (χ3n) is 4.74. The van der Waals surface area contributed by atoms with Gasteiger partial charge in [-0.3, -0.25) is 15.0 Å². The summed E-state index contributed by atoms with van der Waals surface area (Å²) in [6.07, 6.45) is -0.573. The number of alkyl halides is 3. The monoisotopic (exact) mass is 438 g/mol. The third-order valence-corrected chi connectivity index (χ3v) is 6.28. The molecular weight excluding hydrogens is 421 g/mol. The molecule has 1 N–H and O–H groups in total. The van der Waals surface area contributed by atoms with E-state index in [0.717, 1.165) is 48.8 Å². The highest BCUT2D eigenvalue weighted by Crippen LogP contribution is 2.35. The highest BCUT2D eigenvalue weighted by Gasteiger charge is 2.31. The van der Waals surface area contributed by atoms with E-state index < -0.39 is 17.6 Å². The second-order valence-electron chi connectivity index (χ2n) is 6.66. The number of anilines is 1. The Bertz CT molecular complexity index is 970. The summed E-state index contributed by atoms with van der Waals surface area (Å²) >= 11 is 2.94. The zero-order valence-electron chi connectivity index (χ0n) is 15.1. The van der Waals surface area contributed by atoms with Gasteiger partial charge in [-0.1, -0.05) is 0 Å². The average Bonchev–Trinajstić information content (AvgIpc) is 3.43. The lowest BCUT2D eigenvalue weighted by Crippen LogP contribution is -2.23. The first-order valence-corrected chi connectivity index (χ1v) is 10.7. The molecule has 1 aliphatic rings. The molecule has 1 amide bonds. The molecule has 3 heterocycles. The second-order valence-corrected chi connectivity index (χ2v) is 8.50. The molecule has 3 aromatic rings. The van der Waals surface area contributed by atoms with Crippen LogP contribution in [0.5, 0.6) is 0 Å². The maximum atomic E-state index is 12.7. The lowest BCUT2D eigenvalue weighted by atomic mass is 10.1. The SMILES string of the molecule is O=C(Nc1nc([C@@H]2CCCN2Cc2nccs2)cs1)c1ccc(C(F)(F)F)cc1. The first-order chi connectivity index (χ1) is 13.9. The molecular formula is C19H17F3N4OS2. The van der Waals surface area contributed by atoms with Crippen molar-refractivity contribution in [1.82, 2.24) is 14.9 Å². The first kappa shape index (κ1) is 20.0. The Hall–Kier alpha value is -2.30. The number of nitrogens with zero attached hydrogens (tertiary/aromatic N) is 3.